The van der Waals surface area contributed by atoms with Crippen LogP contribution in [0.5, 0.6) is 11.8 Å². The van der Waals surface area contributed by atoms with E-state index in [-0.39, 0.29) is 140 Å². The summed E-state index contributed by atoms with van der Waals surface area (Å²) < 4.78 is 195. The molecule has 2 N–H and O–H groups in total. The Bertz CT molecular complexity index is 4230. The van der Waals surface area contributed by atoms with Crippen molar-refractivity contribution in [2.45, 2.75) is 78.2 Å². The van der Waals surface area contributed by atoms with Crippen LogP contribution in [0.15, 0.2) is 97.3 Å². The molecule has 0 radical (unpaired) electrons. The highest BCUT2D eigenvalue weighted by Gasteiger charge is 2.42. The average molecular weight is 1330 g/mol. The van der Waals surface area contributed by atoms with Crippen molar-refractivity contribution >= 4 is 56.7 Å². The molecular weight excluding hydrogens is 1280 g/mol. The van der Waals surface area contributed by atoms with E-state index < -0.39 is 91.9 Å². The van der Waals surface area contributed by atoms with E-state index in [0.29, 0.717) is 48.3 Å². The fraction of sp³-hybridized carbons (Fsp3) is 0.290. The molecule has 0 aliphatic carbocycles. The second-order valence-corrected chi connectivity index (χ2v) is 25.1. The molecule has 2 saturated heterocycles. The molecule has 12 rings (SSSR count). The van der Waals surface area contributed by atoms with Gasteiger partial charge in [0.2, 0.25) is 11.8 Å². The summed E-state index contributed by atoms with van der Waals surface area (Å²) in [5.74, 6) is -7.36. The number of benzene rings is 4. The maximum absolute atomic E-state index is 15.6. The maximum atomic E-state index is 15.6. The fourth-order valence-electron chi connectivity index (χ4n) is 10.7. The molecule has 480 valence electrons. The van der Waals surface area contributed by atoms with Crippen molar-refractivity contribution in [1.29, 1.82) is 0 Å². The van der Waals surface area contributed by atoms with Crippen molar-refractivity contribution < 1.29 is 91.4 Å². The monoisotopic (exact) mass is 1320 g/mol. The predicted molar refractivity (Wildman–Crippen MR) is 308 cm³/mol. The van der Waals surface area contributed by atoms with Gasteiger partial charge in [-0.2, -0.15) is 26.3 Å². The first kappa shape index (κ1) is 64.5. The van der Waals surface area contributed by atoms with Gasteiger partial charge in [0.1, 0.15) is 78.9 Å². The molecule has 2 atom stereocenters. The highest BCUT2D eigenvalue weighted by atomic mass is 32.1. The highest BCUT2D eigenvalue weighted by Crippen LogP contribution is 2.44. The summed E-state index contributed by atoms with van der Waals surface area (Å²) in [5, 5.41) is 19.1. The molecule has 0 saturated carbocycles. The van der Waals surface area contributed by atoms with Crippen LogP contribution in [-0.2, 0) is 47.9 Å². The van der Waals surface area contributed by atoms with Crippen molar-refractivity contribution in [2.24, 2.45) is 10.8 Å². The van der Waals surface area contributed by atoms with E-state index in [4.69, 9.17) is 18.9 Å². The summed E-state index contributed by atoms with van der Waals surface area (Å²) in [4.78, 5) is 46.1. The minimum absolute atomic E-state index is 0.0101. The van der Waals surface area contributed by atoms with Gasteiger partial charge < -0.3 is 38.3 Å². The van der Waals surface area contributed by atoms with Crippen molar-refractivity contribution in [3.8, 4) is 34.3 Å². The first-order chi connectivity index (χ1) is 43.4. The third-order valence-corrected chi connectivity index (χ3v) is 17.4. The lowest BCUT2D eigenvalue weighted by Crippen LogP contribution is -2.27. The van der Waals surface area contributed by atoms with Crippen LogP contribution in [0.2, 0.25) is 0 Å². The third kappa shape index (κ3) is 13.4. The molecular formula is C62H48F12N8O8S2. The molecule has 2 aliphatic heterocycles. The molecule has 30 heteroatoms. The zero-order valence-corrected chi connectivity index (χ0v) is 50.0. The summed E-state index contributed by atoms with van der Waals surface area (Å²) in [6.07, 6.45) is -8.17. The normalized spacial score (nSPS) is 16.3. The Kier molecular flexibility index (Phi) is 17.5. The molecule has 16 nitrogen and oxygen atoms in total. The quantitative estimate of drug-likeness (QED) is 0.0866. The third-order valence-electron chi connectivity index (χ3n) is 15.4. The van der Waals surface area contributed by atoms with Gasteiger partial charge in [-0.05, 0) is 71.8 Å². The first-order valence-corrected chi connectivity index (χ1v) is 29.3. The zero-order chi connectivity index (χ0) is 65.9. The van der Waals surface area contributed by atoms with Crippen molar-refractivity contribution in [3.63, 3.8) is 0 Å². The molecule has 8 heterocycles. The SMILES string of the molecule is CC1(C)COCC1n1c(Cc2cc(F)c(-c3cccc(OCc4ncc(C(F)(F)F)s4)n3)cc2F)nc2c(F)cc(C(=O)O)cc21.CC1(C)COCC1n1c(Cc2cc(F)c(-c3cccc(OCc4ncc(C(F)(F)F)s4)n3)cc2F)nc2c(F)cc(C(=O)O)cc21. The number of nitrogens with zero attached hydrogens (tertiary/aromatic N) is 8. The van der Waals surface area contributed by atoms with Crippen LogP contribution in [0.4, 0.5) is 52.7 Å². The molecule has 6 aromatic heterocycles. The number of fused-ring (bicyclic) bond motifs is 2. The molecule has 0 amide bonds. The summed E-state index contributed by atoms with van der Waals surface area (Å²) in [5.41, 5.74) is -1.88. The van der Waals surface area contributed by atoms with Crippen molar-refractivity contribution in [1.82, 2.24) is 39.0 Å². The van der Waals surface area contributed by atoms with Crippen molar-refractivity contribution in [2.75, 3.05) is 26.4 Å². The van der Waals surface area contributed by atoms with Crippen LogP contribution >= 0.6 is 22.7 Å². The molecule has 4 aromatic carbocycles. The van der Waals surface area contributed by atoms with Crippen LogP contribution in [0.1, 0.15) is 103 Å². The van der Waals surface area contributed by atoms with Crippen molar-refractivity contribution in [3.05, 3.63) is 186 Å². The number of ether oxygens (including phenoxy) is 4. The van der Waals surface area contributed by atoms with Gasteiger partial charge in [0.15, 0.2) is 11.6 Å². The fourth-order valence-corrected chi connectivity index (χ4v) is 12.1. The summed E-state index contributed by atoms with van der Waals surface area (Å²) in [6, 6.07) is 16.0. The summed E-state index contributed by atoms with van der Waals surface area (Å²) >= 11 is 0.839. The first-order valence-electron chi connectivity index (χ1n) is 27.6. The Labute approximate surface area is 520 Å². The average Bonchev–Trinajstić information content (AvgIpc) is 1.59. The Hall–Kier alpha value is -9.00. The number of carbonyl (C=O) groups is 2. The number of hydrogen-bond donors (Lipinski definition) is 2. The van der Waals surface area contributed by atoms with E-state index in [1.807, 2.05) is 27.7 Å². The van der Waals surface area contributed by atoms with E-state index in [9.17, 15) is 46.1 Å². The Balaban J connectivity index is 0.000000188. The number of aromatic carboxylic acids is 2. The van der Waals surface area contributed by atoms with E-state index in [1.54, 1.807) is 9.13 Å². The second-order valence-electron chi connectivity index (χ2n) is 22.8. The highest BCUT2D eigenvalue weighted by molar-refractivity contribution is 7.12. The minimum atomic E-state index is -4.53. The van der Waals surface area contributed by atoms with Gasteiger partial charge in [0.05, 0.1) is 84.5 Å². The van der Waals surface area contributed by atoms with Gasteiger partial charge >= 0.3 is 24.3 Å². The van der Waals surface area contributed by atoms with Crippen LogP contribution < -0.4 is 9.47 Å². The van der Waals surface area contributed by atoms with E-state index in [1.165, 1.54) is 48.5 Å². The molecule has 2 aliphatic rings. The number of pyridine rings is 2. The van der Waals surface area contributed by atoms with Crippen LogP contribution in [0.25, 0.3) is 44.6 Å². The number of imidazole rings is 2. The van der Waals surface area contributed by atoms with Gasteiger partial charge in [0.25, 0.3) is 0 Å². The van der Waals surface area contributed by atoms with Crippen LogP contribution in [-0.4, -0.2) is 87.6 Å². The van der Waals surface area contributed by atoms with Gasteiger partial charge in [-0.25, -0.2) is 65.8 Å². The van der Waals surface area contributed by atoms with Crippen LogP contribution in [0, 0.1) is 45.7 Å². The molecule has 2 unspecified atom stereocenters. The predicted octanol–water partition coefficient (Wildman–Crippen LogP) is 14.9. The van der Waals surface area contributed by atoms with Gasteiger partial charge in [-0.3, -0.25) is 0 Å². The number of thiazole rings is 2. The summed E-state index contributed by atoms with van der Waals surface area (Å²) in [6.45, 7) is 8.24. The van der Waals surface area contributed by atoms with E-state index in [2.05, 4.69) is 29.9 Å². The molecule has 0 spiro atoms. The van der Waals surface area contributed by atoms with Gasteiger partial charge in [-0.15, -0.1) is 22.7 Å². The standard InChI is InChI=1S/2C31H24F6N4O4S/c2*1-30(2)14-44-12-23(30)41-22-8-16(29(42)43)7-20(34)28(22)40-25(41)9-15-6-19(33)17(10-18(15)32)21-4-3-5-26(39-21)45-13-27-38-11-24(46-27)31(35,36)37/h2*3-8,10-11,23H,9,12-14H2,1-2H3,(H,42,43). The van der Waals surface area contributed by atoms with E-state index in [0.717, 1.165) is 36.4 Å². The molecule has 92 heavy (non-hydrogen) atoms. The van der Waals surface area contributed by atoms with Gasteiger partial charge in [0, 0.05) is 46.9 Å². The molecule has 2 fully saturated rings. The Morgan fingerprint density at radius 1 is 0.554 bits per heavy atom. The Morgan fingerprint density at radius 2 is 0.946 bits per heavy atom. The number of aromatic nitrogens is 8. The number of hydrogen-bond acceptors (Lipinski definition) is 14. The smallest absolute Gasteiger partial charge is 0.427 e. The van der Waals surface area contributed by atoms with Crippen LogP contribution in [0.3, 0.4) is 0 Å². The number of carboxylic acids is 2. The van der Waals surface area contributed by atoms with E-state index >= 15 is 26.3 Å². The number of alkyl halides is 6. The van der Waals surface area contributed by atoms with Gasteiger partial charge in [-0.1, -0.05) is 39.8 Å². The lowest BCUT2D eigenvalue weighted by molar-refractivity contribution is -0.135. The molecule has 0 bridgehead atoms. The summed E-state index contributed by atoms with van der Waals surface area (Å²) in [7, 11) is 0. The number of halogens is 12. The Morgan fingerprint density at radius 3 is 1.28 bits per heavy atom. The largest absolute Gasteiger partial charge is 0.478 e. The minimum Gasteiger partial charge on any atom is -0.478 e. The lowest BCUT2D eigenvalue weighted by atomic mass is 9.87. The molecule has 10 aromatic rings. The maximum Gasteiger partial charge on any atom is 0.427 e. The number of rotatable bonds is 16. The number of carboxylic acid groups (broad SMARTS) is 2. The second kappa shape index (κ2) is 24.9. The lowest BCUT2D eigenvalue weighted by Gasteiger charge is -2.28. The topological polar surface area (TPSA) is 199 Å². The zero-order valence-electron chi connectivity index (χ0n) is 48.3.